The van der Waals surface area contributed by atoms with Crippen LogP contribution in [-0.4, -0.2) is 52.0 Å². The molecule has 3 heterocycles. The van der Waals surface area contributed by atoms with Crippen molar-refractivity contribution in [1.29, 1.82) is 0 Å². The normalized spacial score (nSPS) is 16.1. The molecular weight excluding hydrogens is 570 g/mol. The van der Waals surface area contributed by atoms with Crippen LogP contribution >= 0.6 is 27.7 Å². The molecule has 0 bridgehead atoms. The summed E-state index contributed by atoms with van der Waals surface area (Å²) in [4.78, 5) is 45.9. The van der Waals surface area contributed by atoms with Crippen molar-refractivity contribution < 1.29 is 23.9 Å². The van der Waals surface area contributed by atoms with Crippen molar-refractivity contribution in [2.24, 2.45) is 0 Å². The van der Waals surface area contributed by atoms with E-state index in [0.717, 1.165) is 34.3 Å². The minimum atomic E-state index is -0.490. The third-order valence-electron chi connectivity index (χ3n) is 6.29. The molecule has 0 saturated carbocycles. The number of aromatic nitrogens is 1. The van der Waals surface area contributed by atoms with Crippen molar-refractivity contribution in [3.05, 3.63) is 92.6 Å². The number of nitrogens with zero attached hydrogens (tertiary/aromatic N) is 3. The first-order chi connectivity index (χ1) is 18.4. The van der Waals surface area contributed by atoms with Gasteiger partial charge in [0.25, 0.3) is 11.1 Å². The quantitative estimate of drug-likeness (QED) is 0.354. The van der Waals surface area contributed by atoms with Crippen molar-refractivity contribution in [1.82, 2.24) is 14.8 Å². The zero-order valence-electron chi connectivity index (χ0n) is 20.6. The van der Waals surface area contributed by atoms with Gasteiger partial charge in [-0.15, -0.1) is 0 Å². The summed E-state index contributed by atoms with van der Waals surface area (Å²) < 4.78 is 12.1. The molecule has 0 N–H and O–H groups in total. The Bertz CT molecular complexity index is 1430. The van der Waals surface area contributed by atoms with Gasteiger partial charge in [-0.3, -0.25) is 24.3 Å². The number of pyridine rings is 1. The van der Waals surface area contributed by atoms with E-state index in [4.69, 9.17) is 9.47 Å². The van der Waals surface area contributed by atoms with E-state index < -0.39 is 11.1 Å². The molecule has 2 aliphatic heterocycles. The Labute approximate surface area is 232 Å². The van der Waals surface area contributed by atoms with Gasteiger partial charge in [-0.1, -0.05) is 30.3 Å². The number of hydrogen-bond acceptors (Lipinski definition) is 7. The predicted molar refractivity (Wildman–Crippen MR) is 148 cm³/mol. The molecule has 38 heavy (non-hydrogen) atoms. The molecule has 3 amide bonds. The topological polar surface area (TPSA) is 89.0 Å². The maximum Gasteiger partial charge on any atom is 0.294 e. The van der Waals surface area contributed by atoms with Gasteiger partial charge >= 0.3 is 0 Å². The number of hydrogen-bond donors (Lipinski definition) is 0. The van der Waals surface area contributed by atoms with E-state index >= 15 is 0 Å². The first-order valence-electron chi connectivity index (χ1n) is 11.9. The molecule has 2 aliphatic rings. The second kappa shape index (κ2) is 11.4. The third kappa shape index (κ3) is 5.61. The lowest BCUT2D eigenvalue weighted by molar-refractivity contribution is -0.136. The second-order valence-electron chi connectivity index (χ2n) is 8.75. The van der Waals surface area contributed by atoms with Crippen LogP contribution in [0.25, 0.3) is 6.08 Å². The summed E-state index contributed by atoms with van der Waals surface area (Å²) in [6.07, 6.45) is 4.06. The SMILES string of the molecule is COc1cc(/C=C2/SC(=O)N(CC(=O)N3CCc4ccccc4C3)C2=O)cc(Br)c1OCc1ccccn1. The van der Waals surface area contributed by atoms with Gasteiger partial charge in [0, 0.05) is 19.3 Å². The number of benzene rings is 2. The van der Waals surface area contributed by atoms with Crippen LogP contribution in [0.2, 0.25) is 0 Å². The highest BCUT2D eigenvalue weighted by Crippen LogP contribution is 2.39. The standard InChI is InChI=1S/C28H24BrN3O5S/c1-36-23-13-18(12-22(29)26(23)37-17-21-8-4-5-10-30-21)14-24-27(34)32(28(35)38-24)16-25(33)31-11-9-19-6-2-3-7-20(19)15-31/h2-8,10,12-14H,9,11,15-17H2,1H3/b24-14+. The molecule has 5 rings (SSSR count). The number of methoxy groups -OCH3 is 1. The zero-order valence-corrected chi connectivity index (χ0v) is 23.0. The second-order valence-corrected chi connectivity index (χ2v) is 10.6. The fraction of sp³-hybridized carbons (Fsp3) is 0.214. The Morgan fingerprint density at radius 2 is 1.92 bits per heavy atom. The molecule has 8 nitrogen and oxygen atoms in total. The number of rotatable bonds is 7. The van der Waals surface area contributed by atoms with Crippen molar-refractivity contribution in [3.8, 4) is 11.5 Å². The van der Waals surface area contributed by atoms with Crippen LogP contribution in [0.3, 0.4) is 0 Å². The molecule has 3 aromatic rings. The lowest BCUT2D eigenvalue weighted by Crippen LogP contribution is -2.44. The molecule has 194 valence electrons. The van der Waals surface area contributed by atoms with Gasteiger partial charge in [-0.05, 0) is 81.1 Å². The van der Waals surface area contributed by atoms with E-state index in [1.54, 1.807) is 29.3 Å². The van der Waals surface area contributed by atoms with Crippen LogP contribution in [0.5, 0.6) is 11.5 Å². The predicted octanol–water partition coefficient (Wildman–Crippen LogP) is 5.05. The fourth-order valence-corrected chi connectivity index (χ4v) is 5.74. The Hall–Kier alpha value is -3.63. The monoisotopic (exact) mass is 593 g/mol. The van der Waals surface area contributed by atoms with Gasteiger partial charge in [0.05, 0.1) is 22.2 Å². The maximum absolute atomic E-state index is 13.1. The zero-order chi connectivity index (χ0) is 26.6. The van der Waals surface area contributed by atoms with Gasteiger partial charge in [-0.25, -0.2) is 0 Å². The Balaban J connectivity index is 1.28. The maximum atomic E-state index is 13.1. The molecule has 2 aromatic carbocycles. The molecule has 1 saturated heterocycles. The molecule has 0 atom stereocenters. The smallest absolute Gasteiger partial charge is 0.294 e. The molecule has 1 fully saturated rings. The minimum absolute atomic E-state index is 0.239. The van der Waals surface area contributed by atoms with Gasteiger partial charge in [0.1, 0.15) is 13.2 Å². The van der Waals surface area contributed by atoms with E-state index in [1.807, 2.05) is 36.4 Å². The molecular formula is C28H24BrN3O5S. The number of carbonyl (C=O) groups excluding carboxylic acids is 3. The van der Waals surface area contributed by atoms with Crippen molar-refractivity contribution in [2.75, 3.05) is 20.2 Å². The van der Waals surface area contributed by atoms with E-state index in [9.17, 15) is 14.4 Å². The summed E-state index contributed by atoms with van der Waals surface area (Å²) in [6.45, 7) is 1.01. The van der Waals surface area contributed by atoms with Crippen molar-refractivity contribution >= 4 is 50.8 Å². The summed E-state index contributed by atoms with van der Waals surface area (Å²) in [5.41, 5.74) is 3.72. The number of thioether (sulfide) groups is 1. The molecule has 1 aromatic heterocycles. The highest BCUT2D eigenvalue weighted by atomic mass is 79.9. The molecule has 0 unspecified atom stereocenters. The first kappa shape index (κ1) is 26.0. The third-order valence-corrected chi connectivity index (χ3v) is 7.79. The highest BCUT2D eigenvalue weighted by molar-refractivity contribution is 9.10. The average Bonchev–Trinajstić information content (AvgIpc) is 3.19. The summed E-state index contributed by atoms with van der Waals surface area (Å²) in [5.74, 6) is 0.219. The van der Waals surface area contributed by atoms with E-state index in [2.05, 4.69) is 27.0 Å². The molecule has 0 aliphatic carbocycles. The van der Waals surface area contributed by atoms with Crippen LogP contribution in [0, 0.1) is 0 Å². The molecule has 0 radical (unpaired) electrons. The number of ether oxygens (including phenoxy) is 2. The summed E-state index contributed by atoms with van der Waals surface area (Å²) in [6, 6.07) is 17.1. The van der Waals surface area contributed by atoms with Crippen LogP contribution in [0.4, 0.5) is 4.79 Å². The molecule has 0 spiro atoms. The Morgan fingerprint density at radius 3 is 2.68 bits per heavy atom. The summed E-state index contributed by atoms with van der Waals surface area (Å²) in [7, 11) is 1.53. The number of fused-ring (bicyclic) bond motifs is 1. The van der Waals surface area contributed by atoms with E-state index in [1.165, 1.54) is 12.7 Å². The number of imide groups is 1. The minimum Gasteiger partial charge on any atom is -0.493 e. The average molecular weight is 594 g/mol. The van der Waals surface area contributed by atoms with Gasteiger partial charge in [0.2, 0.25) is 5.91 Å². The number of halogens is 1. The summed E-state index contributed by atoms with van der Waals surface area (Å²) in [5, 5.41) is -0.464. The van der Waals surface area contributed by atoms with Crippen LogP contribution in [-0.2, 0) is 29.2 Å². The van der Waals surface area contributed by atoms with E-state index in [0.29, 0.717) is 34.6 Å². The van der Waals surface area contributed by atoms with Crippen LogP contribution in [0.1, 0.15) is 22.4 Å². The van der Waals surface area contributed by atoms with Crippen molar-refractivity contribution in [3.63, 3.8) is 0 Å². The Kier molecular flexibility index (Phi) is 7.80. The fourth-order valence-electron chi connectivity index (χ4n) is 4.32. The lowest BCUT2D eigenvalue weighted by atomic mass is 10.00. The number of amides is 3. The largest absolute Gasteiger partial charge is 0.493 e. The lowest BCUT2D eigenvalue weighted by Gasteiger charge is -2.29. The molecule has 10 heteroatoms. The number of carbonyl (C=O) groups is 3. The van der Waals surface area contributed by atoms with E-state index in [-0.39, 0.29) is 24.0 Å². The van der Waals surface area contributed by atoms with Crippen LogP contribution in [0.15, 0.2) is 70.2 Å². The first-order valence-corrected chi connectivity index (χ1v) is 13.5. The van der Waals surface area contributed by atoms with Gasteiger partial charge in [0.15, 0.2) is 11.5 Å². The highest BCUT2D eigenvalue weighted by Gasteiger charge is 2.37. The van der Waals surface area contributed by atoms with Gasteiger partial charge < -0.3 is 14.4 Å². The Morgan fingerprint density at radius 1 is 1.13 bits per heavy atom. The summed E-state index contributed by atoms with van der Waals surface area (Å²) >= 11 is 4.33. The van der Waals surface area contributed by atoms with Gasteiger partial charge in [-0.2, -0.15) is 0 Å². The van der Waals surface area contributed by atoms with Crippen molar-refractivity contribution in [2.45, 2.75) is 19.6 Å². The van der Waals surface area contributed by atoms with Crippen LogP contribution < -0.4 is 9.47 Å².